The average molecular weight is 387 g/mol. The van der Waals surface area contributed by atoms with Crippen LogP contribution in [0.15, 0.2) is 0 Å². The lowest BCUT2D eigenvalue weighted by atomic mass is 10.1. The molecule has 0 spiro atoms. The van der Waals surface area contributed by atoms with Gasteiger partial charge in [-0.05, 0) is 12.8 Å². The third-order valence-corrected chi connectivity index (χ3v) is 3.53. The quantitative estimate of drug-likeness (QED) is 0.271. The Morgan fingerprint density at radius 2 is 1.37 bits per heavy atom. The van der Waals surface area contributed by atoms with Crippen LogP contribution in [0.3, 0.4) is 0 Å². The van der Waals surface area contributed by atoms with Crippen molar-refractivity contribution in [3.63, 3.8) is 0 Å². The second kappa shape index (κ2) is 13.6. The van der Waals surface area contributed by atoms with E-state index >= 15 is 0 Å². The predicted octanol–water partition coefficient (Wildman–Crippen LogP) is -0.439. The molecule has 1 unspecified atom stereocenters. The zero-order valence-corrected chi connectivity index (χ0v) is 15.2. The van der Waals surface area contributed by atoms with Crippen LogP contribution in [0.2, 0.25) is 0 Å². The first-order valence-corrected chi connectivity index (χ1v) is 7.62. The van der Waals surface area contributed by atoms with Gasteiger partial charge >= 0.3 is 0 Å². The first-order valence-electron chi connectivity index (χ1n) is 7.62. The largest absolute Gasteiger partial charge is 1.00 e. The van der Waals surface area contributed by atoms with Crippen LogP contribution in [0.1, 0.15) is 58.3 Å². The van der Waals surface area contributed by atoms with Crippen molar-refractivity contribution in [2.24, 2.45) is 0 Å². The third kappa shape index (κ3) is 14.8. The molecule has 0 saturated carbocycles. The highest BCUT2D eigenvalue weighted by Crippen LogP contribution is 2.10. The molecule has 0 aromatic rings. The molecule has 0 saturated heterocycles. The topological polar surface area (TPSA) is 40.5 Å². The van der Waals surface area contributed by atoms with Crippen LogP contribution in [-0.2, 0) is 0 Å². The Labute approximate surface area is 137 Å². The van der Waals surface area contributed by atoms with E-state index in [4.69, 9.17) is 5.11 Å². The van der Waals surface area contributed by atoms with Gasteiger partial charge in [-0.25, -0.2) is 0 Å². The number of nitrogens with zero attached hydrogens (tertiary/aromatic N) is 1. The summed E-state index contributed by atoms with van der Waals surface area (Å²) >= 11 is 0. The summed E-state index contributed by atoms with van der Waals surface area (Å²) in [4.78, 5) is 0. The number of quaternary nitrogens is 1. The summed E-state index contributed by atoms with van der Waals surface area (Å²) in [5.74, 6) is 0. The summed E-state index contributed by atoms with van der Waals surface area (Å²) in [6, 6.07) is 0. The lowest BCUT2D eigenvalue weighted by molar-refractivity contribution is -0.893. The van der Waals surface area contributed by atoms with Crippen molar-refractivity contribution in [3.8, 4) is 0 Å². The molecule has 0 aliphatic heterocycles. The minimum atomic E-state index is -0.575. The van der Waals surface area contributed by atoms with E-state index in [0.717, 1.165) is 11.0 Å². The van der Waals surface area contributed by atoms with Crippen molar-refractivity contribution in [1.29, 1.82) is 0 Å². The van der Waals surface area contributed by atoms with Gasteiger partial charge in [0, 0.05) is 0 Å². The minimum Gasteiger partial charge on any atom is -1.00 e. The summed E-state index contributed by atoms with van der Waals surface area (Å²) in [5.41, 5.74) is 0. The van der Waals surface area contributed by atoms with Crippen molar-refractivity contribution in [3.05, 3.63) is 0 Å². The van der Waals surface area contributed by atoms with Crippen molar-refractivity contribution < 1.29 is 38.7 Å². The van der Waals surface area contributed by atoms with Gasteiger partial charge in [0.1, 0.15) is 12.6 Å². The van der Waals surface area contributed by atoms with E-state index in [1.54, 1.807) is 0 Å². The number of hydrogen-bond acceptors (Lipinski definition) is 2. The molecule has 0 aliphatic carbocycles. The second-order valence-electron chi connectivity index (χ2n) is 6.15. The Kier molecular flexibility index (Phi) is 15.7. The van der Waals surface area contributed by atoms with E-state index in [0.29, 0.717) is 6.54 Å². The van der Waals surface area contributed by atoms with E-state index in [1.807, 2.05) is 0 Å². The monoisotopic (exact) mass is 387 g/mol. The summed E-state index contributed by atoms with van der Waals surface area (Å²) in [6.07, 6.45) is 10.1. The number of halogens is 1. The zero-order chi connectivity index (χ0) is 13.9. The van der Waals surface area contributed by atoms with Crippen molar-refractivity contribution in [2.75, 3.05) is 33.8 Å². The fourth-order valence-corrected chi connectivity index (χ4v) is 2.39. The Morgan fingerprint density at radius 1 is 0.895 bits per heavy atom. The molecule has 0 aromatic heterocycles. The molecule has 0 amide bonds. The normalized spacial score (nSPS) is 13.1. The van der Waals surface area contributed by atoms with E-state index in [-0.39, 0.29) is 30.6 Å². The average Bonchev–Trinajstić information content (AvgIpc) is 2.31. The summed E-state index contributed by atoms with van der Waals surface area (Å²) in [7, 11) is 4.25. The Balaban J connectivity index is 0. The third-order valence-electron chi connectivity index (χ3n) is 3.53. The Bertz CT molecular complexity index is 189. The molecule has 0 fully saturated rings. The lowest BCUT2D eigenvalue weighted by Crippen LogP contribution is -3.00. The van der Waals surface area contributed by atoms with Gasteiger partial charge in [0.15, 0.2) is 0 Å². The van der Waals surface area contributed by atoms with Gasteiger partial charge in [0.25, 0.3) is 0 Å². The number of aliphatic hydroxyl groups is 2. The highest BCUT2D eigenvalue weighted by atomic mass is 127. The van der Waals surface area contributed by atoms with Crippen LogP contribution in [0.25, 0.3) is 0 Å². The predicted molar refractivity (Wildman–Crippen MR) is 77.5 cm³/mol. The molecule has 19 heavy (non-hydrogen) atoms. The molecule has 0 radical (unpaired) electrons. The summed E-state index contributed by atoms with van der Waals surface area (Å²) in [5, 5.41) is 18.3. The van der Waals surface area contributed by atoms with Crippen molar-refractivity contribution in [1.82, 2.24) is 0 Å². The highest BCUT2D eigenvalue weighted by molar-refractivity contribution is 4.51. The van der Waals surface area contributed by atoms with E-state index in [2.05, 4.69) is 21.0 Å². The molecule has 0 bridgehead atoms. The van der Waals surface area contributed by atoms with Crippen molar-refractivity contribution >= 4 is 0 Å². The van der Waals surface area contributed by atoms with E-state index in [1.165, 1.54) is 51.4 Å². The number of unbranched alkanes of at least 4 members (excludes halogenated alkanes) is 7. The number of aliphatic hydroxyl groups excluding tert-OH is 2. The number of likely N-dealkylation sites (N-methyl/N-ethyl adjacent to an activating group) is 1. The molecule has 0 heterocycles. The second-order valence-corrected chi connectivity index (χ2v) is 6.15. The Morgan fingerprint density at radius 3 is 1.84 bits per heavy atom. The maximum absolute atomic E-state index is 9.45. The smallest absolute Gasteiger partial charge is 0.126 e. The van der Waals surface area contributed by atoms with Gasteiger partial charge < -0.3 is 38.7 Å². The lowest BCUT2D eigenvalue weighted by Gasteiger charge is -2.31. The van der Waals surface area contributed by atoms with Crippen LogP contribution >= 0.6 is 0 Å². The molecular weight excluding hydrogens is 353 g/mol. The van der Waals surface area contributed by atoms with Gasteiger partial charge in [-0.1, -0.05) is 45.4 Å². The van der Waals surface area contributed by atoms with Crippen molar-refractivity contribution in [2.45, 2.75) is 64.4 Å². The molecule has 4 heteroatoms. The van der Waals surface area contributed by atoms with Gasteiger partial charge in [0.2, 0.25) is 0 Å². The molecule has 2 N–H and O–H groups in total. The van der Waals surface area contributed by atoms with Crippen LogP contribution in [-0.4, -0.2) is 54.6 Å². The first-order chi connectivity index (χ1) is 8.52. The fourth-order valence-electron chi connectivity index (χ4n) is 2.39. The molecule has 118 valence electrons. The molecule has 0 rings (SSSR count). The summed E-state index contributed by atoms with van der Waals surface area (Å²) < 4.78 is 0.803. The standard InChI is InChI=1S/C15H34NO2.HI/c1-4-5-6-7-8-9-10-11-12-16(2,3)13-15(18)14-17;/h15,17-18H,4-14H2,1-3H3;1H/q+1;/p-1. The summed E-state index contributed by atoms with van der Waals surface area (Å²) in [6.45, 7) is 3.86. The molecular formula is C15H34INO2. The van der Waals surface area contributed by atoms with Crippen LogP contribution in [0.5, 0.6) is 0 Å². The van der Waals surface area contributed by atoms with Crippen LogP contribution in [0.4, 0.5) is 0 Å². The fraction of sp³-hybridized carbons (Fsp3) is 1.00. The van der Waals surface area contributed by atoms with Gasteiger partial charge in [-0.2, -0.15) is 0 Å². The van der Waals surface area contributed by atoms with Gasteiger partial charge in [-0.15, -0.1) is 0 Å². The van der Waals surface area contributed by atoms with E-state index in [9.17, 15) is 5.11 Å². The molecule has 1 atom stereocenters. The molecule has 0 aliphatic rings. The molecule has 3 nitrogen and oxygen atoms in total. The highest BCUT2D eigenvalue weighted by Gasteiger charge is 2.19. The Hall–Kier alpha value is 0.610. The zero-order valence-electron chi connectivity index (χ0n) is 13.1. The van der Waals surface area contributed by atoms with Gasteiger partial charge in [0.05, 0.1) is 27.2 Å². The maximum atomic E-state index is 9.45. The first kappa shape index (κ1) is 21.9. The van der Waals surface area contributed by atoms with E-state index < -0.39 is 6.10 Å². The van der Waals surface area contributed by atoms with Gasteiger partial charge in [-0.3, -0.25) is 0 Å². The molecule has 0 aromatic carbocycles. The minimum absolute atomic E-state index is 0. The maximum Gasteiger partial charge on any atom is 0.126 e. The number of hydrogen-bond donors (Lipinski definition) is 2. The van der Waals surface area contributed by atoms with Crippen LogP contribution in [0, 0.1) is 0 Å². The van der Waals surface area contributed by atoms with Crippen LogP contribution < -0.4 is 24.0 Å². The SMILES string of the molecule is CCCCCCCCCC[N+](C)(C)CC(O)CO.[I-]. The number of rotatable bonds is 12.